The molecule has 1 aromatic carbocycles. The molecule has 0 fully saturated rings. The van der Waals surface area contributed by atoms with Crippen LogP contribution in [0.3, 0.4) is 0 Å². The number of sulfonamides is 1. The number of rotatable bonds is 7. The molecule has 108 valence electrons. The fraction of sp³-hybridized carbons (Fsp3) is 0.308. The Morgan fingerprint density at radius 2 is 1.95 bits per heavy atom. The molecule has 0 saturated heterocycles. The Labute approximate surface area is 118 Å². The summed E-state index contributed by atoms with van der Waals surface area (Å²) >= 11 is 0. The Morgan fingerprint density at radius 1 is 1.20 bits per heavy atom. The van der Waals surface area contributed by atoms with Crippen molar-refractivity contribution in [3.63, 3.8) is 0 Å². The first-order valence-electron chi connectivity index (χ1n) is 6.32. The van der Waals surface area contributed by atoms with E-state index in [1.165, 1.54) is 0 Å². The average Bonchev–Trinajstić information content (AvgIpc) is 2.92. The zero-order valence-electron chi connectivity index (χ0n) is 11.1. The number of aromatic nitrogens is 2. The van der Waals surface area contributed by atoms with Gasteiger partial charge in [-0.05, 0) is 17.2 Å². The van der Waals surface area contributed by atoms with Crippen molar-refractivity contribution in [1.29, 1.82) is 0 Å². The zero-order chi connectivity index (χ0) is 14.4. The van der Waals surface area contributed by atoms with Crippen molar-refractivity contribution in [1.82, 2.24) is 14.5 Å². The maximum atomic E-state index is 12.0. The quantitative estimate of drug-likeness (QED) is 0.776. The van der Waals surface area contributed by atoms with Crippen LogP contribution in [0.1, 0.15) is 11.1 Å². The first-order chi connectivity index (χ1) is 9.61. The highest BCUT2D eigenvalue weighted by Crippen LogP contribution is 2.11. The molecule has 0 radical (unpaired) electrons. The van der Waals surface area contributed by atoms with Gasteiger partial charge >= 0.3 is 0 Å². The molecule has 0 amide bonds. The van der Waals surface area contributed by atoms with E-state index in [4.69, 9.17) is 5.73 Å². The molecular formula is C13H18N4O2S. The second kappa shape index (κ2) is 6.65. The molecule has 2 rings (SSSR count). The average molecular weight is 294 g/mol. The Balaban J connectivity index is 1.93. The Bertz CT molecular complexity index is 638. The maximum absolute atomic E-state index is 12.0. The molecule has 20 heavy (non-hydrogen) atoms. The summed E-state index contributed by atoms with van der Waals surface area (Å²) in [7, 11) is -3.37. The SMILES string of the molecule is NCc1ccccc1CS(=O)(=O)NCCn1cccn1. The molecule has 7 heteroatoms. The van der Waals surface area contributed by atoms with Crippen LogP contribution < -0.4 is 10.5 Å². The molecule has 0 atom stereocenters. The third-order valence-electron chi connectivity index (χ3n) is 2.91. The first-order valence-corrected chi connectivity index (χ1v) is 7.97. The van der Waals surface area contributed by atoms with Crippen LogP contribution in [0.4, 0.5) is 0 Å². The normalized spacial score (nSPS) is 11.7. The molecule has 2 aromatic rings. The minimum Gasteiger partial charge on any atom is -0.326 e. The largest absolute Gasteiger partial charge is 0.326 e. The van der Waals surface area contributed by atoms with E-state index in [-0.39, 0.29) is 5.75 Å². The number of hydrogen-bond donors (Lipinski definition) is 2. The van der Waals surface area contributed by atoms with Gasteiger partial charge in [0.2, 0.25) is 10.0 Å². The number of benzene rings is 1. The van der Waals surface area contributed by atoms with Crippen molar-refractivity contribution in [2.45, 2.75) is 18.8 Å². The first kappa shape index (κ1) is 14.7. The van der Waals surface area contributed by atoms with Gasteiger partial charge in [-0.1, -0.05) is 24.3 Å². The number of nitrogens with two attached hydrogens (primary N) is 1. The lowest BCUT2D eigenvalue weighted by Gasteiger charge is -2.10. The monoisotopic (exact) mass is 294 g/mol. The molecule has 1 aromatic heterocycles. The standard InChI is InChI=1S/C13H18N4O2S/c14-10-12-4-1-2-5-13(12)11-20(18,19)16-7-9-17-8-3-6-15-17/h1-6,8,16H,7,9-11,14H2. The minimum absolute atomic E-state index is 0.0561. The van der Waals surface area contributed by atoms with Crippen LogP contribution in [0.15, 0.2) is 42.7 Å². The summed E-state index contributed by atoms with van der Waals surface area (Å²) in [6.07, 6.45) is 3.45. The van der Waals surface area contributed by atoms with Gasteiger partial charge in [-0.3, -0.25) is 4.68 Å². The van der Waals surface area contributed by atoms with Crippen molar-refractivity contribution >= 4 is 10.0 Å². The summed E-state index contributed by atoms with van der Waals surface area (Å²) in [4.78, 5) is 0. The van der Waals surface area contributed by atoms with E-state index < -0.39 is 10.0 Å². The molecule has 0 bridgehead atoms. The molecule has 0 spiro atoms. The molecule has 0 saturated carbocycles. The summed E-state index contributed by atoms with van der Waals surface area (Å²) in [6.45, 7) is 1.15. The van der Waals surface area contributed by atoms with Gasteiger partial charge < -0.3 is 5.73 Å². The fourth-order valence-electron chi connectivity index (χ4n) is 1.90. The van der Waals surface area contributed by atoms with Crippen molar-refractivity contribution in [3.8, 4) is 0 Å². The zero-order valence-corrected chi connectivity index (χ0v) is 11.9. The Hall–Kier alpha value is -1.70. The number of nitrogens with zero attached hydrogens (tertiary/aromatic N) is 2. The van der Waals surface area contributed by atoms with Crippen molar-refractivity contribution < 1.29 is 8.42 Å². The highest BCUT2D eigenvalue weighted by atomic mass is 32.2. The summed E-state index contributed by atoms with van der Waals surface area (Å²) < 4.78 is 28.3. The van der Waals surface area contributed by atoms with Gasteiger partial charge in [0.25, 0.3) is 0 Å². The van der Waals surface area contributed by atoms with E-state index in [1.54, 1.807) is 29.2 Å². The van der Waals surface area contributed by atoms with Gasteiger partial charge in [-0.2, -0.15) is 5.10 Å². The summed E-state index contributed by atoms with van der Waals surface area (Å²) in [5.41, 5.74) is 7.20. The van der Waals surface area contributed by atoms with Crippen molar-refractivity contribution in [3.05, 3.63) is 53.9 Å². The second-order valence-electron chi connectivity index (χ2n) is 4.40. The molecule has 0 aliphatic heterocycles. The van der Waals surface area contributed by atoms with Gasteiger partial charge in [-0.25, -0.2) is 13.1 Å². The lowest BCUT2D eigenvalue weighted by atomic mass is 10.1. The molecule has 0 aliphatic rings. The predicted molar refractivity (Wildman–Crippen MR) is 77.2 cm³/mol. The molecule has 1 heterocycles. The van der Waals surface area contributed by atoms with Crippen LogP contribution in [0.5, 0.6) is 0 Å². The van der Waals surface area contributed by atoms with Crippen LogP contribution >= 0.6 is 0 Å². The van der Waals surface area contributed by atoms with Gasteiger partial charge in [0.1, 0.15) is 0 Å². The Kier molecular flexibility index (Phi) is 4.89. The van der Waals surface area contributed by atoms with Crippen LogP contribution in [-0.2, 0) is 28.9 Å². The van der Waals surface area contributed by atoms with E-state index in [9.17, 15) is 8.42 Å². The van der Waals surface area contributed by atoms with Gasteiger partial charge in [0, 0.05) is 25.5 Å². The minimum atomic E-state index is -3.37. The molecule has 0 unspecified atom stereocenters. The van der Waals surface area contributed by atoms with E-state index in [0.717, 1.165) is 11.1 Å². The molecule has 6 nitrogen and oxygen atoms in total. The fourth-order valence-corrected chi connectivity index (χ4v) is 3.10. The van der Waals surface area contributed by atoms with Gasteiger partial charge in [0.15, 0.2) is 0 Å². The topological polar surface area (TPSA) is 90.0 Å². The second-order valence-corrected chi connectivity index (χ2v) is 6.20. The number of nitrogens with one attached hydrogen (secondary N) is 1. The lowest BCUT2D eigenvalue weighted by molar-refractivity contribution is 0.560. The maximum Gasteiger partial charge on any atom is 0.215 e. The van der Waals surface area contributed by atoms with Crippen LogP contribution in [0.2, 0.25) is 0 Å². The van der Waals surface area contributed by atoms with Crippen LogP contribution in [0.25, 0.3) is 0 Å². The predicted octanol–water partition coefficient (Wildman–Crippen LogP) is 0.461. The van der Waals surface area contributed by atoms with Crippen LogP contribution in [-0.4, -0.2) is 24.7 Å². The van der Waals surface area contributed by atoms with E-state index in [1.807, 2.05) is 18.2 Å². The highest BCUT2D eigenvalue weighted by Gasteiger charge is 2.13. The smallest absolute Gasteiger partial charge is 0.215 e. The third kappa shape index (κ3) is 4.16. The summed E-state index contributed by atoms with van der Waals surface area (Å²) in [6, 6.07) is 9.09. The van der Waals surface area contributed by atoms with E-state index in [2.05, 4.69) is 9.82 Å². The molecular weight excluding hydrogens is 276 g/mol. The van der Waals surface area contributed by atoms with Crippen molar-refractivity contribution in [2.24, 2.45) is 5.73 Å². The third-order valence-corrected chi connectivity index (χ3v) is 4.24. The van der Waals surface area contributed by atoms with E-state index >= 15 is 0 Å². The lowest BCUT2D eigenvalue weighted by Crippen LogP contribution is -2.29. The van der Waals surface area contributed by atoms with Gasteiger partial charge in [-0.15, -0.1) is 0 Å². The summed E-state index contributed by atoms with van der Waals surface area (Å²) in [5, 5.41) is 4.01. The van der Waals surface area contributed by atoms with Gasteiger partial charge in [0.05, 0.1) is 12.3 Å². The summed E-state index contributed by atoms with van der Waals surface area (Å²) in [5.74, 6) is -0.0561. The highest BCUT2D eigenvalue weighted by molar-refractivity contribution is 7.88. The molecule has 3 N–H and O–H groups in total. The van der Waals surface area contributed by atoms with E-state index in [0.29, 0.717) is 19.6 Å². The number of hydrogen-bond acceptors (Lipinski definition) is 4. The van der Waals surface area contributed by atoms with Crippen molar-refractivity contribution in [2.75, 3.05) is 6.54 Å². The molecule has 0 aliphatic carbocycles. The Morgan fingerprint density at radius 3 is 2.60 bits per heavy atom. The van der Waals surface area contributed by atoms with Crippen LogP contribution in [0, 0.1) is 0 Å².